The molecule has 2 heterocycles. The van der Waals surface area contributed by atoms with E-state index in [9.17, 15) is 8.78 Å². The summed E-state index contributed by atoms with van der Waals surface area (Å²) in [6.07, 6.45) is 0. The highest BCUT2D eigenvalue weighted by Crippen LogP contribution is 2.23. The van der Waals surface area contributed by atoms with Crippen molar-refractivity contribution in [1.82, 2.24) is 0 Å². The van der Waals surface area contributed by atoms with Crippen LogP contribution in [0.3, 0.4) is 0 Å². The largest absolute Gasteiger partial charge is 0.475 e. The molecular weight excluding hydrogens is 314 g/mol. The number of ether oxygens (including phenoxy) is 2. The van der Waals surface area contributed by atoms with Crippen molar-refractivity contribution in [1.29, 1.82) is 0 Å². The monoisotopic (exact) mass is 328 g/mol. The van der Waals surface area contributed by atoms with E-state index in [-0.39, 0.29) is 35.5 Å². The number of benzene rings is 2. The molecule has 0 saturated carbocycles. The van der Waals surface area contributed by atoms with Crippen molar-refractivity contribution >= 4 is 11.8 Å². The van der Waals surface area contributed by atoms with Crippen LogP contribution in [-0.2, 0) is 9.47 Å². The maximum absolute atomic E-state index is 13.8. The SMILES string of the molecule is Fc1ccccc1C1=N[C@H]([C@@H]2COC(c3ccccc3F)=N2)CO1. The van der Waals surface area contributed by atoms with Gasteiger partial charge >= 0.3 is 0 Å². The molecule has 2 aliphatic heterocycles. The summed E-state index contributed by atoms with van der Waals surface area (Å²) in [7, 11) is 0. The Morgan fingerprint density at radius 3 is 1.54 bits per heavy atom. The molecule has 2 aliphatic rings. The average molecular weight is 328 g/mol. The van der Waals surface area contributed by atoms with Crippen LogP contribution in [0.4, 0.5) is 8.78 Å². The number of hydrogen-bond acceptors (Lipinski definition) is 4. The Hall–Kier alpha value is -2.76. The molecule has 0 fully saturated rings. The molecule has 2 atom stereocenters. The van der Waals surface area contributed by atoms with Crippen LogP contribution in [0.2, 0.25) is 0 Å². The number of halogens is 2. The minimum Gasteiger partial charge on any atom is -0.475 e. The molecule has 0 saturated heterocycles. The van der Waals surface area contributed by atoms with E-state index in [0.29, 0.717) is 24.3 Å². The predicted octanol–water partition coefficient (Wildman–Crippen LogP) is 2.96. The Labute approximate surface area is 137 Å². The topological polar surface area (TPSA) is 43.2 Å². The molecule has 4 nitrogen and oxygen atoms in total. The van der Waals surface area contributed by atoms with Crippen molar-refractivity contribution < 1.29 is 18.3 Å². The summed E-state index contributed by atoms with van der Waals surface area (Å²) < 4.78 is 38.7. The Bertz CT molecular complexity index is 766. The fourth-order valence-electron chi connectivity index (χ4n) is 2.74. The lowest BCUT2D eigenvalue weighted by molar-refractivity contribution is 0.263. The zero-order valence-corrected chi connectivity index (χ0v) is 12.7. The van der Waals surface area contributed by atoms with E-state index >= 15 is 0 Å². The van der Waals surface area contributed by atoms with Gasteiger partial charge in [-0.3, -0.25) is 0 Å². The molecule has 4 rings (SSSR count). The van der Waals surface area contributed by atoms with Crippen LogP contribution in [0, 0.1) is 11.6 Å². The third-order valence-corrected chi connectivity index (χ3v) is 4.00. The average Bonchev–Trinajstić information content (AvgIpc) is 3.25. The summed E-state index contributed by atoms with van der Waals surface area (Å²) in [5, 5.41) is 0. The Kier molecular flexibility index (Phi) is 3.72. The summed E-state index contributed by atoms with van der Waals surface area (Å²) >= 11 is 0. The molecular formula is C18H14F2N2O2. The summed E-state index contributed by atoms with van der Waals surface area (Å²) in [6, 6.07) is 12.1. The van der Waals surface area contributed by atoms with Crippen LogP contribution in [-0.4, -0.2) is 37.1 Å². The molecule has 24 heavy (non-hydrogen) atoms. The van der Waals surface area contributed by atoms with Crippen molar-refractivity contribution in [2.75, 3.05) is 13.2 Å². The maximum Gasteiger partial charge on any atom is 0.219 e. The number of aliphatic imine (C=N–C) groups is 2. The van der Waals surface area contributed by atoms with Crippen LogP contribution in [0.15, 0.2) is 58.5 Å². The summed E-state index contributed by atoms with van der Waals surface area (Å²) in [6.45, 7) is 0.595. The highest BCUT2D eigenvalue weighted by Gasteiger charge is 2.33. The summed E-state index contributed by atoms with van der Waals surface area (Å²) in [5.41, 5.74) is 0.662. The second kappa shape index (κ2) is 6.03. The molecule has 0 radical (unpaired) electrons. The molecule has 122 valence electrons. The lowest BCUT2D eigenvalue weighted by atomic mass is 10.1. The third kappa shape index (κ3) is 2.64. The molecule has 0 spiro atoms. The van der Waals surface area contributed by atoms with Crippen molar-refractivity contribution in [3.05, 3.63) is 71.3 Å². The number of rotatable bonds is 3. The van der Waals surface area contributed by atoms with E-state index in [1.807, 2.05) is 0 Å². The van der Waals surface area contributed by atoms with E-state index in [2.05, 4.69) is 9.98 Å². The summed E-state index contributed by atoms with van der Waals surface area (Å²) in [5.74, 6) is -0.217. The molecule has 6 heteroatoms. The van der Waals surface area contributed by atoms with Gasteiger partial charge in [0.2, 0.25) is 11.8 Å². The highest BCUT2D eigenvalue weighted by atomic mass is 19.1. The second-order valence-electron chi connectivity index (χ2n) is 5.58. The minimum absolute atomic E-state index is 0.271. The van der Waals surface area contributed by atoms with Crippen LogP contribution < -0.4 is 0 Å². The zero-order valence-electron chi connectivity index (χ0n) is 12.7. The Morgan fingerprint density at radius 2 is 1.12 bits per heavy atom. The van der Waals surface area contributed by atoms with Gasteiger partial charge in [0.1, 0.15) is 36.9 Å². The first-order chi connectivity index (χ1) is 11.7. The van der Waals surface area contributed by atoms with E-state index in [4.69, 9.17) is 9.47 Å². The van der Waals surface area contributed by atoms with Gasteiger partial charge in [-0.1, -0.05) is 24.3 Å². The molecule has 0 bridgehead atoms. The van der Waals surface area contributed by atoms with E-state index in [0.717, 1.165) is 0 Å². The Morgan fingerprint density at radius 1 is 0.708 bits per heavy atom. The van der Waals surface area contributed by atoms with Crippen molar-refractivity contribution in [3.63, 3.8) is 0 Å². The fraction of sp³-hybridized carbons (Fsp3) is 0.222. The van der Waals surface area contributed by atoms with Gasteiger partial charge in [-0.25, -0.2) is 18.8 Å². The van der Waals surface area contributed by atoms with Gasteiger partial charge in [-0.2, -0.15) is 0 Å². The Balaban J connectivity index is 1.56. The molecule has 2 aromatic rings. The first-order valence-electron chi connectivity index (χ1n) is 7.63. The predicted molar refractivity (Wildman–Crippen MR) is 85.4 cm³/mol. The van der Waals surface area contributed by atoms with E-state index < -0.39 is 0 Å². The first-order valence-corrected chi connectivity index (χ1v) is 7.63. The molecule has 0 aliphatic carbocycles. The lowest BCUT2D eigenvalue weighted by Crippen LogP contribution is -2.25. The van der Waals surface area contributed by atoms with Crippen LogP contribution in [0.25, 0.3) is 0 Å². The van der Waals surface area contributed by atoms with Gasteiger partial charge < -0.3 is 9.47 Å². The van der Waals surface area contributed by atoms with Gasteiger partial charge in [0.05, 0.1) is 11.1 Å². The van der Waals surface area contributed by atoms with E-state index in [1.165, 1.54) is 12.1 Å². The second-order valence-corrected chi connectivity index (χ2v) is 5.58. The molecule has 0 amide bonds. The minimum atomic E-state index is -0.380. The smallest absolute Gasteiger partial charge is 0.219 e. The number of nitrogens with zero attached hydrogens (tertiary/aromatic N) is 2. The first kappa shape index (κ1) is 14.8. The number of hydrogen-bond donors (Lipinski definition) is 0. The molecule has 0 aromatic heterocycles. The van der Waals surface area contributed by atoms with Gasteiger partial charge in [0.15, 0.2) is 0 Å². The van der Waals surface area contributed by atoms with Crippen molar-refractivity contribution in [3.8, 4) is 0 Å². The van der Waals surface area contributed by atoms with Gasteiger partial charge in [-0.15, -0.1) is 0 Å². The lowest BCUT2D eigenvalue weighted by Gasteiger charge is -2.07. The highest BCUT2D eigenvalue weighted by molar-refractivity contribution is 5.96. The third-order valence-electron chi connectivity index (χ3n) is 4.00. The van der Waals surface area contributed by atoms with Crippen LogP contribution in [0.5, 0.6) is 0 Å². The van der Waals surface area contributed by atoms with Crippen molar-refractivity contribution in [2.45, 2.75) is 12.1 Å². The maximum atomic E-state index is 13.8. The van der Waals surface area contributed by atoms with E-state index in [1.54, 1.807) is 36.4 Å². The standard InChI is InChI=1S/C18H14F2N2O2/c19-13-7-3-1-5-11(13)17-21-15(9-23-17)16-10-24-18(22-16)12-6-2-4-8-14(12)20/h1-8,15-16H,9-10H2/t15-,16-/m0/s1. The van der Waals surface area contributed by atoms with Gasteiger partial charge in [0.25, 0.3) is 0 Å². The molecule has 0 unspecified atom stereocenters. The van der Waals surface area contributed by atoms with Crippen LogP contribution in [0.1, 0.15) is 11.1 Å². The van der Waals surface area contributed by atoms with Crippen LogP contribution >= 0.6 is 0 Å². The van der Waals surface area contributed by atoms with Crippen molar-refractivity contribution in [2.24, 2.45) is 9.98 Å². The quantitative estimate of drug-likeness (QED) is 0.869. The normalized spacial score (nSPS) is 22.6. The fourth-order valence-corrected chi connectivity index (χ4v) is 2.74. The molecule has 0 N–H and O–H groups in total. The van der Waals surface area contributed by atoms with Gasteiger partial charge in [-0.05, 0) is 24.3 Å². The van der Waals surface area contributed by atoms with Gasteiger partial charge in [0, 0.05) is 0 Å². The summed E-state index contributed by atoms with van der Waals surface area (Å²) in [4.78, 5) is 8.85. The molecule has 2 aromatic carbocycles. The zero-order chi connectivity index (χ0) is 16.5.